The van der Waals surface area contributed by atoms with E-state index in [1.165, 1.54) is 4.90 Å². The predicted octanol–water partition coefficient (Wildman–Crippen LogP) is -2.41. The number of aliphatic carboxylic acids is 1. The highest BCUT2D eigenvalue weighted by Crippen LogP contribution is 2.04. The van der Waals surface area contributed by atoms with Crippen LogP contribution in [0.15, 0.2) is 24.4 Å². The molecule has 1 fully saturated rings. The smallest absolute Gasteiger partial charge is 0.274 e. The Morgan fingerprint density at radius 2 is 2.22 bits per heavy atom. The van der Waals surface area contributed by atoms with Gasteiger partial charge in [-0.2, -0.15) is 0 Å². The van der Waals surface area contributed by atoms with Crippen LogP contribution in [0.2, 0.25) is 0 Å². The molecule has 1 aromatic rings. The van der Waals surface area contributed by atoms with E-state index >= 15 is 0 Å². The van der Waals surface area contributed by atoms with E-state index in [2.05, 4.69) is 16.0 Å². The summed E-state index contributed by atoms with van der Waals surface area (Å²) < 4.78 is 0. The zero-order chi connectivity index (χ0) is 13.0. The van der Waals surface area contributed by atoms with Crippen LogP contribution in [0.1, 0.15) is 6.92 Å². The van der Waals surface area contributed by atoms with Crippen LogP contribution < -0.4 is 19.9 Å². The number of carboxylic acid groups (broad SMARTS) is 1. The van der Waals surface area contributed by atoms with Crippen LogP contribution in [0.3, 0.4) is 0 Å². The SMILES string of the molecule is C[C@H](C[NH+]1CCN(c2cccc[nH+]2)CC1)C(=O)[O-]. The Bertz CT molecular complexity index is 388. The van der Waals surface area contributed by atoms with E-state index in [0.717, 1.165) is 32.0 Å². The number of rotatable bonds is 4. The molecule has 2 heterocycles. The minimum atomic E-state index is -0.943. The molecule has 0 amide bonds. The maximum atomic E-state index is 10.7. The highest BCUT2D eigenvalue weighted by molar-refractivity contribution is 5.67. The first-order chi connectivity index (χ1) is 8.66. The van der Waals surface area contributed by atoms with Gasteiger partial charge in [0.05, 0.1) is 12.7 Å². The summed E-state index contributed by atoms with van der Waals surface area (Å²) >= 11 is 0. The Morgan fingerprint density at radius 3 is 2.78 bits per heavy atom. The summed E-state index contributed by atoms with van der Waals surface area (Å²) in [5, 5.41) is 10.7. The number of pyridine rings is 1. The molecule has 1 saturated heterocycles. The van der Waals surface area contributed by atoms with Gasteiger partial charge in [-0.1, -0.05) is 13.0 Å². The van der Waals surface area contributed by atoms with Gasteiger partial charge in [-0.3, -0.25) is 4.90 Å². The van der Waals surface area contributed by atoms with E-state index in [1.807, 2.05) is 18.3 Å². The van der Waals surface area contributed by atoms with Gasteiger partial charge in [0.25, 0.3) is 5.82 Å². The number of hydrogen-bond donors (Lipinski definition) is 1. The third kappa shape index (κ3) is 3.20. The molecule has 2 rings (SSSR count). The van der Waals surface area contributed by atoms with Gasteiger partial charge in [0.1, 0.15) is 26.2 Å². The minimum Gasteiger partial charge on any atom is -0.550 e. The Morgan fingerprint density at radius 1 is 1.50 bits per heavy atom. The summed E-state index contributed by atoms with van der Waals surface area (Å²) in [6.45, 7) is 6.24. The van der Waals surface area contributed by atoms with Crippen molar-refractivity contribution in [3.8, 4) is 0 Å². The van der Waals surface area contributed by atoms with Crippen molar-refractivity contribution in [1.82, 2.24) is 0 Å². The fourth-order valence-electron chi connectivity index (χ4n) is 2.36. The molecule has 1 aromatic heterocycles. The molecule has 1 aliphatic heterocycles. The number of H-pyrrole nitrogens is 1. The first kappa shape index (κ1) is 12.8. The fourth-order valence-corrected chi connectivity index (χ4v) is 2.36. The fraction of sp³-hybridized carbons (Fsp3) is 0.538. The lowest BCUT2D eigenvalue weighted by atomic mass is 10.1. The molecule has 0 radical (unpaired) electrons. The zero-order valence-electron chi connectivity index (χ0n) is 10.7. The number of aromatic amines is 1. The van der Waals surface area contributed by atoms with E-state index in [1.54, 1.807) is 6.92 Å². The normalized spacial score (nSPS) is 18.6. The van der Waals surface area contributed by atoms with E-state index < -0.39 is 5.97 Å². The van der Waals surface area contributed by atoms with Crippen LogP contribution >= 0.6 is 0 Å². The minimum absolute atomic E-state index is 0.366. The van der Waals surface area contributed by atoms with Crippen molar-refractivity contribution in [2.45, 2.75) is 6.92 Å². The van der Waals surface area contributed by atoms with Gasteiger partial charge < -0.3 is 14.8 Å². The molecule has 2 N–H and O–H groups in total. The van der Waals surface area contributed by atoms with Gasteiger partial charge in [0, 0.05) is 18.0 Å². The maximum Gasteiger partial charge on any atom is 0.274 e. The summed E-state index contributed by atoms with van der Waals surface area (Å²) in [6.07, 6.45) is 1.92. The Hall–Kier alpha value is -1.62. The first-order valence-electron chi connectivity index (χ1n) is 6.43. The zero-order valence-corrected chi connectivity index (χ0v) is 10.7. The Balaban J connectivity index is 1.83. The lowest BCUT2D eigenvalue weighted by molar-refractivity contribution is -0.903. The molecule has 0 aliphatic carbocycles. The molecule has 18 heavy (non-hydrogen) atoms. The topological polar surface area (TPSA) is 62.0 Å². The van der Waals surface area contributed by atoms with Crippen molar-refractivity contribution < 1.29 is 19.8 Å². The number of carboxylic acids is 1. The molecule has 1 aliphatic rings. The number of hydrogen-bond acceptors (Lipinski definition) is 3. The number of nitrogens with zero attached hydrogens (tertiary/aromatic N) is 1. The molecule has 0 aromatic carbocycles. The number of carbonyl (C=O) groups is 1. The van der Waals surface area contributed by atoms with E-state index in [4.69, 9.17) is 0 Å². The summed E-state index contributed by atoms with van der Waals surface area (Å²) in [7, 11) is 0. The summed E-state index contributed by atoms with van der Waals surface area (Å²) in [5.74, 6) is -0.180. The highest BCUT2D eigenvalue weighted by Gasteiger charge is 2.26. The van der Waals surface area contributed by atoms with Gasteiger partial charge >= 0.3 is 0 Å². The number of aromatic nitrogens is 1. The lowest BCUT2D eigenvalue weighted by Gasteiger charge is -2.30. The van der Waals surface area contributed by atoms with Crippen LogP contribution in [0.25, 0.3) is 0 Å². The lowest BCUT2D eigenvalue weighted by Crippen LogP contribution is -3.15. The number of piperazine rings is 1. The quantitative estimate of drug-likeness (QED) is 0.647. The maximum absolute atomic E-state index is 10.7. The standard InChI is InChI=1S/C13H19N3O2/c1-11(13(17)18)10-15-6-8-16(9-7-15)12-4-2-3-5-14-12/h2-5,11H,6-10H2,1H3,(H,17,18)/p+1/t11-/m1/s1. The highest BCUT2D eigenvalue weighted by atomic mass is 16.4. The van der Waals surface area contributed by atoms with Crippen molar-refractivity contribution >= 4 is 11.8 Å². The first-order valence-corrected chi connectivity index (χ1v) is 6.43. The third-order valence-electron chi connectivity index (χ3n) is 3.50. The second-order valence-electron chi connectivity index (χ2n) is 4.91. The van der Waals surface area contributed by atoms with Gasteiger partial charge in [-0.15, -0.1) is 0 Å². The molecule has 0 bridgehead atoms. The average Bonchev–Trinajstić information content (AvgIpc) is 2.40. The largest absolute Gasteiger partial charge is 0.550 e. The third-order valence-corrected chi connectivity index (χ3v) is 3.50. The second-order valence-corrected chi connectivity index (χ2v) is 4.91. The molecular weight excluding hydrogens is 230 g/mol. The van der Waals surface area contributed by atoms with Crippen LogP contribution in [-0.4, -0.2) is 38.7 Å². The predicted molar refractivity (Wildman–Crippen MR) is 64.9 cm³/mol. The van der Waals surface area contributed by atoms with Crippen LogP contribution in [0, 0.1) is 5.92 Å². The summed E-state index contributed by atoms with van der Waals surface area (Å²) in [6, 6.07) is 6.05. The second kappa shape index (κ2) is 5.82. The van der Waals surface area contributed by atoms with E-state index in [-0.39, 0.29) is 5.92 Å². The van der Waals surface area contributed by atoms with Crippen molar-refractivity contribution in [2.75, 3.05) is 37.6 Å². The molecule has 1 atom stereocenters. The average molecular weight is 250 g/mol. The molecular formula is C13H20N3O2+. The van der Waals surface area contributed by atoms with Gasteiger partial charge in [0.15, 0.2) is 0 Å². The van der Waals surface area contributed by atoms with Gasteiger partial charge in [0.2, 0.25) is 0 Å². The van der Waals surface area contributed by atoms with Crippen LogP contribution in [0.5, 0.6) is 0 Å². The molecule has 0 unspecified atom stereocenters. The monoisotopic (exact) mass is 250 g/mol. The number of carbonyl (C=O) groups excluding carboxylic acids is 1. The van der Waals surface area contributed by atoms with E-state index in [9.17, 15) is 9.90 Å². The molecule has 98 valence electrons. The number of quaternary nitrogens is 1. The van der Waals surface area contributed by atoms with Crippen molar-refractivity contribution in [3.05, 3.63) is 24.4 Å². The number of anilines is 1. The molecule has 0 saturated carbocycles. The van der Waals surface area contributed by atoms with Crippen molar-refractivity contribution in [2.24, 2.45) is 5.92 Å². The molecule has 5 heteroatoms. The van der Waals surface area contributed by atoms with Crippen molar-refractivity contribution in [1.29, 1.82) is 0 Å². The Kier molecular flexibility index (Phi) is 4.15. The molecule has 5 nitrogen and oxygen atoms in total. The van der Waals surface area contributed by atoms with Gasteiger partial charge in [-0.25, -0.2) is 4.98 Å². The number of nitrogens with one attached hydrogen (secondary N) is 2. The van der Waals surface area contributed by atoms with Crippen molar-refractivity contribution in [3.63, 3.8) is 0 Å². The van der Waals surface area contributed by atoms with Crippen LogP contribution in [0.4, 0.5) is 5.82 Å². The Labute approximate surface area is 107 Å². The molecule has 0 spiro atoms. The summed E-state index contributed by atoms with van der Waals surface area (Å²) in [4.78, 5) is 17.6. The van der Waals surface area contributed by atoms with E-state index in [0.29, 0.717) is 6.54 Å². The summed E-state index contributed by atoms with van der Waals surface area (Å²) in [5.41, 5.74) is 0. The van der Waals surface area contributed by atoms with Crippen LogP contribution in [-0.2, 0) is 4.79 Å². The van der Waals surface area contributed by atoms with Gasteiger partial charge in [-0.05, 0) is 6.07 Å².